The Labute approximate surface area is 406 Å². The van der Waals surface area contributed by atoms with Gasteiger partial charge in [0.15, 0.2) is 5.82 Å². The molecule has 0 radical (unpaired) electrons. The number of nitrogens with zero attached hydrogens (tertiary/aromatic N) is 5. The number of ether oxygens (including phenoxy) is 4. The van der Waals surface area contributed by atoms with E-state index in [-0.39, 0.29) is 56.5 Å². The number of Topliss-reactive ketones (excluding diaryl/α,β-unsaturated/α-hetero) is 2. The van der Waals surface area contributed by atoms with Crippen molar-refractivity contribution < 1.29 is 58.4 Å². The van der Waals surface area contributed by atoms with Gasteiger partial charge in [0.1, 0.15) is 41.7 Å². The number of imidazole rings is 1. The van der Waals surface area contributed by atoms with Crippen LogP contribution in [0, 0.1) is 47.6 Å². The number of aliphatic imine (C=N–C) groups is 1. The molecule has 0 saturated carbocycles. The number of hydrogen-bond acceptors (Lipinski definition) is 17. The van der Waals surface area contributed by atoms with Crippen LogP contribution in [0.4, 0.5) is 5.82 Å². The van der Waals surface area contributed by atoms with E-state index >= 15 is 0 Å². The van der Waals surface area contributed by atoms with E-state index in [1.54, 1.807) is 57.4 Å². The van der Waals surface area contributed by atoms with E-state index in [4.69, 9.17) is 23.9 Å². The number of rotatable bonds is 8. The van der Waals surface area contributed by atoms with Crippen LogP contribution in [0.5, 0.6) is 11.5 Å². The van der Waals surface area contributed by atoms with Crippen LogP contribution in [-0.4, -0.2) is 126 Å². The number of fused-ring (bicyclic) bond motifs is 1. The Kier molecular flexibility index (Phi) is 14.9. The first-order valence-corrected chi connectivity index (χ1v) is 23.9. The lowest BCUT2D eigenvalue weighted by molar-refractivity contribution is -0.392. The van der Waals surface area contributed by atoms with Crippen LogP contribution in [0.1, 0.15) is 112 Å². The number of aromatic nitrogens is 2. The number of piperidine rings is 1. The number of hydrogen-bond donors (Lipinski definition) is 5. The van der Waals surface area contributed by atoms with Crippen molar-refractivity contribution in [1.29, 1.82) is 0 Å². The van der Waals surface area contributed by atoms with Gasteiger partial charge in [-0.2, -0.15) is 0 Å². The van der Waals surface area contributed by atoms with Crippen molar-refractivity contribution in [2.24, 2.45) is 28.7 Å². The highest BCUT2D eigenvalue weighted by molar-refractivity contribution is 6.34. The number of aliphatic hydroxyl groups excluding tert-OH is 2. The first kappa shape index (κ1) is 51.6. The van der Waals surface area contributed by atoms with Gasteiger partial charge >= 0.3 is 17.6 Å². The van der Waals surface area contributed by atoms with Crippen molar-refractivity contribution in [3.8, 4) is 11.5 Å². The minimum Gasteiger partial charge on any atom is -0.507 e. The molecule has 5 heterocycles. The molecule has 0 unspecified atom stereocenters. The third kappa shape index (κ3) is 9.53. The summed E-state index contributed by atoms with van der Waals surface area (Å²) in [4.78, 5) is 79.1. The number of ketones is 2. The first-order valence-electron chi connectivity index (χ1n) is 23.9. The number of aromatic hydroxyl groups is 1. The zero-order valence-corrected chi connectivity index (χ0v) is 41.4. The van der Waals surface area contributed by atoms with Gasteiger partial charge in [0.25, 0.3) is 11.7 Å². The number of likely N-dealkylation sites (tertiary alicyclic amines) is 1. The van der Waals surface area contributed by atoms with Gasteiger partial charge in [-0.05, 0) is 31.3 Å². The van der Waals surface area contributed by atoms with Crippen LogP contribution < -0.4 is 15.4 Å². The predicted octanol–water partition coefficient (Wildman–Crippen LogP) is 4.85. The molecule has 1 aromatic carbocycles. The van der Waals surface area contributed by atoms with Crippen molar-refractivity contribution in [2.75, 3.05) is 26.7 Å². The number of methoxy groups -OCH3 is 1. The van der Waals surface area contributed by atoms with Crippen LogP contribution in [0.15, 0.2) is 58.7 Å². The fourth-order valence-electron chi connectivity index (χ4n) is 10.4. The molecule has 4 bridgehead atoms. The second-order valence-corrected chi connectivity index (χ2v) is 19.3. The molecule has 4 aliphatic heterocycles. The summed E-state index contributed by atoms with van der Waals surface area (Å²) in [5, 5.41) is 53.1. The van der Waals surface area contributed by atoms with Gasteiger partial charge in [-0.15, -0.1) is 0 Å². The molecular formula is C50H65N7O13. The largest absolute Gasteiger partial charge is 0.507 e. The molecule has 378 valence electrons. The second kappa shape index (κ2) is 20.2. The summed E-state index contributed by atoms with van der Waals surface area (Å²) in [5.74, 6) is -7.25. The van der Waals surface area contributed by atoms with E-state index in [2.05, 4.69) is 20.5 Å². The van der Waals surface area contributed by atoms with Gasteiger partial charge in [-0.1, -0.05) is 52.3 Å². The number of nitrogens with one attached hydrogen (secondary N) is 2. The standard InChI is InChI=1S/C50H65N7O13/c1-11-13-32-33(67-10)16-23-68-49(9)47(63)37-35-36(43(61)29(6)46(37)70-49)44(62)40(52-48(64)26(3)15-12-14-25(2)41(59)27(4)42(60)28(5)45(32)69-31(8)58)39-38(35)53-50(54-39)17-19-55(20-18-50)21-22-56-30(7)51-24-34(56)57(65)66/h12,14-16,23-25,27-28,32-33,41-42,45,54,59-61H,11,13,17-22H2,1-10H3,(H,52,64)/b14-12+,23-16+,26-15-/t25-,27+,28+,32+,33-,41-,42+,45-,49-/m0/s1. The van der Waals surface area contributed by atoms with Gasteiger partial charge in [-0.3, -0.25) is 29.1 Å². The molecule has 5 N–H and O–H groups in total. The minimum absolute atomic E-state index is 0.0214. The summed E-state index contributed by atoms with van der Waals surface area (Å²) in [6.07, 6.45) is 6.90. The fourth-order valence-corrected chi connectivity index (χ4v) is 10.4. The molecule has 1 fully saturated rings. The fraction of sp³-hybridized carbons (Fsp3) is 0.560. The quantitative estimate of drug-likeness (QED) is 0.134. The molecule has 2 aromatic rings. The Hall–Kier alpha value is -6.22. The smallest absolute Gasteiger partial charge is 0.342 e. The Morgan fingerprint density at radius 1 is 1.01 bits per heavy atom. The van der Waals surface area contributed by atoms with Gasteiger partial charge in [0, 0.05) is 101 Å². The maximum Gasteiger partial charge on any atom is 0.342 e. The molecular weight excluding hydrogens is 907 g/mol. The highest BCUT2D eigenvalue weighted by Gasteiger charge is 2.54. The third-order valence-corrected chi connectivity index (χ3v) is 14.6. The lowest BCUT2D eigenvalue weighted by atomic mass is 9.76. The summed E-state index contributed by atoms with van der Waals surface area (Å²) in [7, 11) is 1.48. The average Bonchev–Trinajstić information content (AvgIpc) is 3.97. The zero-order valence-electron chi connectivity index (χ0n) is 41.4. The molecule has 1 aromatic heterocycles. The lowest BCUT2D eigenvalue weighted by Gasteiger charge is -2.39. The van der Waals surface area contributed by atoms with E-state index in [0.29, 0.717) is 57.7 Å². The Balaban J connectivity index is 1.31. The molecule has 5 aliphatic rings. The van der Waals surface area contributed by atoms with Gasteiger partial charge < -0.3 is 55.0 Å². The van der Waals surface area contributed by atoms with Crippen molar-refractivity contribution in [2.45, 2.75) is 130 Å². The molecule has 1 aliphatic carbocycles. The Morgan fingerprint density at radius 3 is 2.36 bits per heavy atom. The predicted molar refractivity (Wildman–Crippen MR) is 255 cm³/mol. The number of aliphatic hydroxyl groups is 2. The number of aryl methyl sites for hydroxylation is 1. The van der Waals surface area contributed by atoms with Crippen LogP contribution in [0.25, 0.3) is 0 Å². The number of nitro groups is 1. The summed E-state index contributed by atoms with van der Waals surface area (Å²) >= 11 is 0. The maximum absolute atomic E-state index is 14.9. The Bertz CT molecular complexity index is 2610. The highest BCUT2D eigenvalue weighted by atomic mass is 16.7. The number of benzene rings is 1. The summed E-state index contributed by atoms with van der Waals surface area (Å²) in [6.45, 7) is 16.4. The van der Waals surface area contributed by atoms with Crippen molar-refractivity contribution >= 4 is 35.0 Å². The summed E-state index contributed by atoms with van der Waals surface area (Å²) in [5.41, 5.74) is -0.909. The number of amides is 1. The molecule has 1 amide bonds. The summed E-state index contributed by atoms with van der Waals surface area (Å²) in [6, 6.07) is 0. The van der Waals surface area contributed by atoms with Gasteiger partial charge in [-0.25, -0.2) is 9.55 Å². The van der Waals surface area contributed by atoms with Crippen molar-refractivity contribution in [3.05, 3.63) is 91.9 Å². The van der Waals surface area contributed by atoms with E-state index in [9.17, 15) is 44.6 Å². The second-order valence-electron chi connectivity index (χ2n) is 19.3. The number of allylic oxidation sites excluding steroid dienone is 4. The van der Waals surface area contributed by atoms with E-state index < -0.39 is 93.7 Å². The zero-order chi connectivity index (χ0) is 51.1. The minimum atomic E-state index is -2.03. The van der Waals surface area contributed by atoms with Gasteiger partial charge in [0.2, 0.25) is 5.78 Å². The van der Waals surface area contributed by atoms with E-state index in [1.807, 2.05) is 6.92 Å². The molecule has 1 spiro atoms. The maximum atomic E-state index is 14.9. The van der Waals surface area contributed by atoms with Crippen molar-refractivity contribution in [3.63, 3.8) is 0 Å². The number of carbonyl (C=O) groups excluding carboxylic acids is 4. The average molecular weight is 972 g/mol. The number of phenolic OH excluding ortho intramolecular Hbond substituents is 1. The first-order chi connectivity index (χ1) is 33.1. The van der Waals surface area contributed by atoms with Crippen molar-refractivity contribution in [1.82, 2.24) is 25.1 Å². The monoisotopic (exact) mass is 971 g/mol. The van der Waals surface area contributed by atoms with Crippen LogP contribution in [0.3, 0.4) is 0 Å². The molecule has 7 rings (SSSR count). The topological polar surface area (TPSA) is 267 Å². The molecule has 20 heteroatoms. The van der Waals surface area contributed by atoms with E-state index in [1.165, 1.54) is 46.4 Å². The van der Waals surface area contributed by atoms with Crippen LogP contribution >= 0.6 is 0 Å². The molecule has 20 nitrogen and oxygen atoms in total. The SMILES string of the molecule is CCC[C@H]1[C@@H](OC(C)=O)[C@H](C)[C@H](O)[C@H](C)[C@@H](O)[C@@H](C)/C=C/C=C(/C)C(=O)NC2=C3NC4(CCN(CCn5c([N+](=O)[O-])cnc5C)CC4)N=C3c3c(c(O)c(C)c4c3C(=O)[C@@](C)(O/C=C/[C@@H]1OC)O4)C2=O. The van der Waals surface area contributed by atoms with Crippen LogP contribution in [0.2, 0.25) is 0 Å². The number of esters is 1. The summed E-state index contributed by atoms with van der Waals surface area (Å²) < 4.78 is 26.0. The van der Waals surface area contributed by atoms with E-state index in [0.717, 1.165) is 0 Å². The number of carbonyl (C=O) groups is 4. The number of phenols is 1. The lowest BCUT2D eigenvalue weighted by Crippen LogP contribution is -2.50. The van der Waals surface area contributed by atoms with Crippen LogP contribution in [-0.2, 0) is 30.3 Å². The molecule has 70 heavy (non-hydrogen) atoms. The molecule has 1 saturated heterocycles. The third-order valence-electron chi connectivity index (χ3n) is 14.6. The van der Waals surface area contributed by atoms with Gasteiger partial charge in [0.05, 0.1) is 47.1 Å². The normalized spacial score (nSPS) is 30.9. The Morgan fingerprint density at radius 2 is 1.71 bits per heavy atom. The highest BCUT2D eigenvalue weighted by Crippen LogP contribution is 2.50. The molecule has 9 atom stereocenters.